The van der Waals surface area contributed by atoms with Crippen molar-refractivity contribution < 1.29 is 4.39 Å². The van der Waals surface area contributed by atoms with Crippen LogP contribution in [0.15, 0.2) is 42.9 Å². The van der Waals surface area contributed by atoms with E-state index in [4.69, 9.17) is 4.98 Å². The van der Waals surface area contributed by atoms with E-state index in [-0.39, 0.29) is 5.52 Å². The molecule has 184 valence electrons. The van der Waals surface area contributed by atoms with E-state index < -0.39 is 5.82 Å². The van der Waals surface area contributed by atoms with Crippen LogP contribution in [0.2, 0.25) is 0 Å². The largest absolute Gasteiger partial charge is 0.352 e. The van der Waals surface area contributed by atoms with Crippen molar-refractivity contribution in [3.8, 4) is 22.6 Å². The first-order valence-corrected chi connectivity index (χ1v) is 12.2. The van der Waals surface area contributed by atoms with Crippen LogP contribution in [0.4, 0.5) is 10.2 Å². The first-order valence-electron chi connectivity index (χ1n) is 12.2. The van der Waals surface area contributed by atoms with Crippen LogP contribution in [-0.2, 0) is 6.54 Å². The lowest BCUT2D eigenvalue weighted by Crippen LogP contribution is -2.44. The second-order valence-corrected chi connectivity index (χ2v) is 9.22. The molecule has 3 N–H and O–H groups in total. The molecule has 0 atom stereocenters. The van der Waals surface area contributed by atoms with E-state index in [9.17, 15) is 0 Å². The number of nitrogens with one attached hydrogen (secondary N) is 3. The summed E-state index contributed by atoms with van der Waals surface area (Å²) in [5, 5.41) is 11.2. The van der Waals surface area contributed by atoms with Gasteiger partial charge in [0.05, 0.1) is 5.52 Å². The summed E-state index contributed by atoms with van der Waals surface area (Å²) in [6, 6.07) is 7.40. The Labute approximate surface area is 207 Å². The average Bonchev–Trinajstić information content (AvgIpc) is 3.52. The van der Waals surface area contributed by atoms with Crippen molar-refractivity contribution in [2.45, 2.75) is 13.5 Å². The molecule has 0 bridgehead atoms. The van der Waals surface area contributed by atoms with Gasteiger partial charge in [-0.15, -0.1) is 0 Å². The fraction of sp³-hybridized carbons (Fsp3) is 0.308. The predicted molar refractivity (Wildman–Crippen MR) is 139 cm³/mol. The monoisotopic (exact) mass is 485 g/mol. The minimum atomic E-state index is -0.391. The molecule has 4 aromatic heterocycles. The molecule has 1 aromatic carbocycles. The minimum Gasteiger partial charge on any atom is -0.352 e. The summed E-state index contributed by atoms with van der Waals surface area (Å²) in [6.45, 7) is 7.39. The van der Waals surface area contributed by atoms with Crippen molar-refractivity contribution in [2.75, 3.05) is 44.7 Å². The summed E-state index contributed by atoms with van der Waals surface area (Å²) in [4.78, 5) is 21.8. The third-order valence-electron chi connectivity index (χ3n) is 6.74. The van der Waals surface area contributed by atoms with Crippen LogP contribution in [0.25, 0.3) is 44.6 Å². The number of hydrogen-bond donors (Lipinski definition) is 3. The topological polar surface area (TPSA) is 102 Å². The van der Waals surface area contributed by atoms with Gasteiger partial charge >= 0.3 is 0 Å². The molecule has 1 aliphatic heterocycles. The number of piperazine rings is 1. The summed E-state index contributed by atoms with van der Waals surface area (Å²) in [7, 11) is 2.13. The summed E-state index contributed by atoms with van der Waals surface area (Å²) >= 11 is 0. The fourth-order valence-electron chi connectivity index (χ4n) is 4.72. The number of anilines is 1. The normalized spacial score (nSPS) is 14.8. The van der Waals surface area contributed by atoms with E-state index in [1.165, 1.54) is 6.07 Å². The molecule has 0 amide bonds. The Morgan fingerprint density at radius 2 is 1.92 bits per heavy atom. The highest BCUT2D eigenvalue weighted by Gasteiger charge is 2.21. The van der Waals surface area contributed by atoms with Crippen molar-refractivity contribution in [3.63, 3.8) is 0 Å². The van der Waals surface area contributed by atoms with E-state index in [0.717, 1.165) is 66.3 Å². The van der Waals surface area contributed by atoms with Crippen molar-refractivity contribution in [1.29, 1.82) is 0 Å². The summed E-state index contributed by atoms with van der Waals surface area (Å²) in [5.41, 5.74) is 5.24. The zero-order valence-corrected chi connectivity index (χ0v) is 20.3. The van der Waals surface area contributed by atoms with E-state index in [0.29, 0.717) is 23.4 Å². The molecule has 6 rings (SSSR count). The Kier molecular flexibility index (Phi) is 5.82. The van der Waals surface area contributed by atoms with Crippen molar-refractivity contribution in [1.82, 2.24) is 40.3 Å². The van der Waals surface area contributed by atoms with Crippen LogP contribution in [-0.4, -0.2) is 74.8 Å². The van der Waals surface area contributed by atoms with Gasteiger partial charge in [0.25, 0.3) is 0 Å². The van der Waals surface area contributed by atoms with Crippen LogP contribution >= 0.6 is 0 Å². The number of benzene rings is 1. The zero-order chi connectivity index (χ0) is 24.6. The maximum absolute atomic E-state index is 15.1. The van der Waals surface area contributed by atoms with E-state index in [2.05, 4.69) is 54.2 Å². The van der Waals surface area contributed by atoms with Gasteiger partial charge in [0.2, 0.25) is 0 Å². The number of nitrogens with zero attached hydrogens (tertiary/aromatic N) is 6. The van der Waals surface area contributed by atoms with Crippen molar-refractivity contribution in [3.05, 3.63) is 54.2 Å². The van der Waals surface area contributed by atoms with Gasteiger partial charge in [-0.1, -0.05) is 6.92 Å². The number of imidazole rings is 1. The fourth-order valence-corrected chi connectivity index (χ4v) is 4.72. The maximum atomic E-state index is 15.1. The van der Waals surface area contributed by atoms with Crippen molar-refractivity contribution >= 4 is 27.8 Å². The molecule has 9 nitrogen and oxygen atoms in total. The van der Waals surface area contributed by atoms with Gasteiger partial charge in [-0.25, -0.2) is 14.4 Å². The lowest BCUT2D eigenvalue weighted by atomic mass is 10.0. The SMILES string of the molecule is CCNCc1cncc(-c2cc(F)c3n[nH]c(-c4nc5c(N6CCN(C)CC6)nccc5[nH]4)c3c2)c1. The van der Waals surface area contributed by atoms with Gasteiger partial charge in [0, 0.05) is 62.3 Å². The van der Waals surface area contributed by atoms with Crippen LogP contribution in [0.5, 0.6) is 0 Å². The third kappa shape index (κ3) is 4.08. The number of likely N-dealkylation sites (N-methyl/N-ethyl adjacent to an activating group) is 1. The highest BCUT2D eigenvalue weighted by atomic mass is 19.1. The van der Waals surface area contributed by atoms with Gasteiger partial charge in [-0.3, -0.25) is 10.1 Å². The number of aromatic nitrogens is 6. The molecule has 1 aliphatic rings. The third-order valence-corrected chi connectivity index (χ3v) is 6.74. The van der Waals surface area contributed by atoms with Gasteiger partial charge in [0.15, 0.2) is 17.5 Å². The highest BCUT2D eigenvalue weighted by molar-refractivity contribution is 5.97. The molecule has 0 saturated carbocycles. The number of halogens is 1. The molecule has 0 spiro atoms. The van der Waals surface area contributed by atoms with E-state index in [1.807, 2.05) is 24.4 Å². The Hall–Kier alpha value is -3.89. The molecule has 10 heteroatoms. The Morgan fingerprint density at radius 3 is 2.75 bits per heavy atom. The molecule has 1 fully saturated rings. The molecule has 36 heavy (non-hydrogen) atoms. The van der Waals surface area contributed by atoms with Crippen LogP contribution in [0.1, 0.15) is 12.5 Å². The number of pyridine rings is 2. The number of H-pyrrole nitrogens is 2. The Bertz CT molecular complexity index is 1530. The Morgan fingerprint density at radius 1 is 1.06 bits per heavy atom. The molecule has 5 aromatic rings. The van der Waals surface area contributed by atoms with E-state index >= 15 is 4.39 Å². The first-order chi connectivity index (χ1) is 17.6. The number of aromatic amines is 2. The lowest BCUT2D eigenvalue weighted by Gasteiger charge is -2.33. The second kappa shape index (κ2) is 9.29. The predicted octanol–water partition coefficient (Wildman–Crippen LogP) is 3.56. The molecular weight excluding hydrogens is 457 g/mol. The molecule has 0 aliphatic carbocycles. The van der Waals surface area contributed by atoms with Gasteiger partial charge in [0.1, 0.15) is 16.7 Å². The standard InChI is InChI=1S/C26H28FN9/c1-3-28-13-16-10-18(15-29-14-16)17-11-19-22(20(27)12-17)33-34-23(19)25-31-21-4-5-30-26(24(21)32-25)36-8-6-35(2)7-9-36/h4-5,10-12,14-15,28H,3,6-9,13H2,1-2H3,(H,31,32)(H,33,34). The lowest BCUT2D eigenvalue weighted by molar-refractivity contribution is 0.312. The smallest absolute Gasteiger partial charge is 0.157 e. The van der Waals surface area contributed by atoms with Gasteiger partial charge in [-0.05, 0) is 49.0 Å². The van der Waals surface area contributed by atoms with E-state index in [1.54, 1.807) is 12.4 Å². The molecule has 0 radical (unpaired) electrons. The van der Waals surface area contributed by atoms with Crippen molar-refractivity contribution in [2.24, 2.45) is 0 Å². The Balaban J connectivity index is 1.41. The van der Waals surface area contributed by atoms with Gasteiger partial charge < -0.3 is 20.1 Å². The van der Waals surface area contributed by atoms with Gasteiger partial charge in [-0.2, -0.15) is 5.10 Å². The minimum absolute atomic E-state index is 0.281. The zero-order valence-electron chi connectivity index (χ0n) is 20.3. The van der Waals surface area contributed by atoms with Crippen LogP contribution in [0, 0.1) is 5.82 Å². The molecule has 5 heterocycles. The first kappa shape index (κ1) is 22.6. The molecular formula is C26H28FN9. The second-order valence-electron chi connectivity index (χ2n) is 9.22. The summed E-state index contributed by atoms with van der Waals surface area (Å²) in [6.07, 6.45) is 5.38. The van der Waals surface area contributed by atoms with Crippen LogP contribution < -0.4 is 10.2 Å². The maximum Gasteiger partial charge on any atom is 0.157 e. The number of fused-ring (bicyclic) bond motifs is 2. The van der Waals surface area contributed by atoms with Crippen LogP contribution in [0.3, 0.4) is 0 Å². The summed E-state index contributed by atoms with van der Waals surface area (Å²) in [5.74, 6) is 1.08. The highest BCUT2D eigenvalue weighted by Crippen LogP contribution is 2.33. The molecule has 1 saturated heterocycles. The quantitative estimate of drug-likeness (QED) is 0.338. The number of hydrogen-bond acceptors (Lipinski definition) is 7. The average molecular weight is 486 g/mol. The number of rotatable bonds is 6. The molecule has 0 unspecified atom stereocenters. The summed E-state index contributed by atoms with van der Waals surface area (Å²) < 4.78 is 15.1.